The van der Waals surface area contributed by atoms with Crippen LogP contribution in [0.25, 0.3) is 6.08 Å². The number of aromatic nitrogens is 1. The van der Waals surface area contributed by atoms with Crippen LogP contribution in [0.2, 0.25) is 0 Å². The Bertz CT molecular complexity index is 752. The lowest BCUT2D eigenvalue weighted by molar-refractivity contribution is 0.414. The minimum atomic E-state index is 0.238. The first-order valence-corrected chi connectivity index (χ1v) is 9.62. The van der Waals surface area contributed by atoms with Crippen molar-refractivity contribution < 1.29 is 4.74 Å². The fraction of sp³-hybridized carbons (Fsp3) is 0.211. The molecule has 0 saturated carbocycles. The monoisotopic (exact) mass is 356 g/mol. The molecule has 3 nitrogen and oxygen atoms in total. The zero-order valence-electron chi connectivity index (χ0n) is 13.5. The van der Waals surface area contributed by atoms with Crippen LogP contribution in [0, 0.1) is 0 Å². The van der Waals surface area contributed by atoms with Gasteiger partial charge in [-0.05, 0) is 34.9 Å². The predicted octanol–water partition coefficient (Wildman–Crippen LogP) is 4.80. The summed E-state index contributed by atoms with van der Waals surface area (Å²) in [5.74, 6) is 0.892. The van der Waals surface area contributed by atoms with Crippen molar-refractivity contribution in [3.05, 3.63) is 74.9 Å². The molecule has 0 fully saturated rings. The molecule has 2 heterocycles. The Balaban J connectivity index is 1.62. The Hall–Kier alpha value is -1.95. The molecule has 5 heteroatoms. The summed E-state index contributed by atoms with van der Waals surface area (Å²) in [6.07, 6.45) is 7.05. The van der Waals surface area contributed by atoms with Gasteiger partial charge < -0.3 is 10.1 Å². The van der Waals surface area contributed by atoms with Gasteiger partial charge in [-0.15, -0.1) is 11.3 Å². The van der Waals surface area contributed by atoms with Crippen LogP contribution in [-0.4, -0.2) is 18.6 Å². The number of nitrogens with zero attached hydrogens (tertiary/aromatic N) is 1. The topological polar surface area (TPSA) is 34.1 Å². The number of thiophene rings is 1. The van der Waals surface area contributed by atoms with Gasteiger partial charge in [0.25, 0.3) is 0 Å². The molecule has 0 amide bonds. The molecule has 0 aliphatic heterocycles. The first-order chi connectivity index (χ1) is 11.9. The van der Waals surface area contributed by atoms with Crippen molar-refractivity contribution in [1.29, 1.82) is 0 Å². The molecular weight excluding hydrogens is 336 g/mol. The fourth-order valence-corrected chi connectivity index (χ4v) is 3.89. The van der Waals surface area contributed by atoms with E-state index in [9.17, 15) is 0 Å². The van der Waals surface area contributed by atoms with Crippen LogP contribution in [0.3, 0.4) is 0 Å². The second-order valence-corrected chi connectivity index (χ2v) is 7.02. The van der Waals surface area contributed by atoms with Gasteiger partial charge in [-0.2, -0.15) is 11.3 Å². The van der Waals surface area contributed by atoms with Crippen molar-refractivity contribution >= 4 is 28.7 Å². The summed E-state index contributed by atoms with van der Waals surface area (Å²) in [5.41, 5.74) is 2.44. The van der Waals surface area contributed by atoms with Gasteiger partial charge in [-0.1, -0.05) is 30.4 Å². The van der Waals surface area contributed by atoms with E-state index in [0.29, 0.717) is 0 Å². The van der Waals surface area contributed by atoms with E-state index >= 15 is 0 Å². The van der Waals surface area contributed by atoms with Gasteiger partial charge in [0, 0.05) is 23.7 Å². The van der Waals surface area contributed by atoms with Crippen LogP contribution in [0.4, 0.5) is 0 Å². The second kappa shape index (κ2) is 8.78. The highest BCUT2D eigenvalue weighted by molar-refractivity contribution is 7.09. The molecule has 1 aromatic carbocycles. The van der Waals surface area contributed by atoms with Crippen LogP contribution >= 0.6 is 22.7 Å². The SMILES string of the molecule is COc1ccccc1C=CCNC(Cc1ccsc1)c1nccs1. The number of benzene rings is 1. The Kier molecular flexibility index (Phi) is 6.18. The first kappa shape index (κ1) is 16.9. The molecule has 1 unspecified atom stereocenters. The normalized spacial score (nSPS) is 12.5. The molecule has 0 aliphatic carbocycles. The van der Waals surface area contributed by atoms with Gasteiger partial charge in [-0.3, -0.25) is 0 Å². The van der Waals surface area contributed by atoms with E-state index in [1.165, 1.54) is 5.56 Å². The van der Waals surface area contributed by atoms with Crippen molar-refractivity contribution in [2.24, 2.45) is 0 Å². The van der Waals surface area contributed by atoms with Crippen LogP contribution in [-0.2, 0) is 6.42 Å². The van der Waals surface area contributed by atoms with Gasteiger partial charge in [0.15, 0.2) is 0 Å². The molecular formula is C19H20N2OS2. The lowest BCUT2D eigenvalue weighted by atomic mass is 10.1. The van der Waals surface area contributed by atoms with Gasteiger partial charge >= 0.3 is 0 Å². The molecule has 3 rings (SSSR count). The zero-order chi connectivity index (χ0) is 16.6. The van der Waals surface area contributed by atoms with E-state index in [1.807, 2.05) is 29.8 Å². The molecule has 0 spiro atoms. The van der Waals surface area contributed by atoms with Crippen molar-refractivity contribution in [2.75, 3.05) is 13.7 Å². The molecule has 0 saturated heterocycles. The molecule has 0 aliphatic rings. The van der Waals surface area contributed by atoms with E-state index in [1.54, 1.807) is 29.8 Å². The van der Waals surface area contributed by atoms with Gasteiger partial charge in [0.05, 0.1) is 13.2 Å². The van der Waals surface area contributed by atoms with E-state index in [4.69, 9.17) is 4.74 Å². The standard InChI is InChI=1S/C19H20N2OS2/c1-22-18-7-3-2-5-16(18)6-4-9-20-17(19-21-10-12-24-19)13-15-8-11-23-14-15/h2-8,10-12,14,17,20H,9,13H2,1H3. The van der Waals surface area contributed by atoms with Crippen molar-refractivity contribution in [2.45, 2.75) is 12.5 Å². The van der Waals surface area contributed by atoms with Crippen molar-refractivity contribution in [3.63, 3.8) is 0 Å². The van der Waals surface area contributed by atoms with Crippen LogP contribution in [0.1, 0.15) is 22.2 Å². The Morgan fingerprint density at radius 2 is 2.17 bits per heavy atom. The number of para-hydroxylation sites is 1. The summed E-state index contributed by atoms with van der Waals surface area (Å²) in [5, 5.41) is 11.1. The number of nitrogens with one attached hydrogen (secondary N) is 1. The van der Waals surface area contributed by atoms with Crippen LogP contribution < -0.4 is 10.1 Å². The second-order valence-electron chi connectivity index (χ2n) is 5.31. The number of hydrogen-bond acceptors (Lipinski definition) is 5. The zero-order valence-corrected chi connectivity index (χ0v) is 15.1. The van der Waals surface area contributed by atoms with Crippen LogP contribution in [0.5, 0.6) is 5.75 Å². The minimum Gasteiger partial charge on any atom is -0.496 e. The fourth-order valence-electron chi connectivity index (χ4n) is 2.50. The molecule has 2 aromatic heterocycles. The third-order valence-corrected chi connectivity index (χ3v) is 5.31. The maximum absolute atomic E-state index is 5.37. The maximum atomic E-state index is 5.37. The number of hydrogen-bond donors (Lipinski definition) is 1. The van der Waals surface area contributed by atoms with Gasteiger partial charge in [-0.25, -0.2) is 4.98 Å². The molecule has 124 valence electrons. The summed E-state index contributed by atoms with van der Waals surface area (Å²) in [7, 11) is 1.70. The van der Waals surface area contributed by atoms with E-state index < -0.39 is 0 Å². The summed E-state index contributed by atoms with van der Waals surface area (Å²) in [6, 6.07) is 10.4. The minimum absolute atomic E-state index is 0.238. The Morgan fingerprint density at radius 3 is 2.92 bits per heavy atom. The average molecular weight is 357 g/mol. The molecule has 0 bridgehead atoms. The molecule has 1 N–H and O–H groups in total. The number of thiazole rings is 1. The van der Waals surface area contributed by atoms with Crippen molar-refractivity contribution in [1.82, 2.24) is 10.3 Å². The summed E-state index contributed by atoms with van der Waals surface area (Å²) >= 11 is 3.43. The first-order valence-electron chi connectivity index (χ1n) is 7.80. The summed E-state index contributed by atoms with van der Waals surface area (Å²) in [6.45, 7) is 0.784. The smallest absolute Gasteiger partial charge is 0.126 e. The van der Waals surface area contributed by atoms with E-state index in [-0.39, 0.29) is 6.04 Å². The highest BCUT2D eigenvalue weighted by Gasteiger charge is 2.14. The third-order valence-electron chi connectivity index (χ3n) is 3.69. The highest BCUT2D eigenvalue weighted by atomic mass is 32.1. The van der Waals surface area contributed by atoms with E-state index in [0.717, 1.165) is 29.3 Å². The largest absolute Gasteiger partial charge is 0.496 e. The van der Waals surface area contributed by atoms with E-state index in [2.05, 4.69) is 45.3 Å². The Labute approximate surface area is 150 Å². The number of methoxy groups -OCH3 is 1. The maximum Gasteiger partial charge on any atom is 0.126 e. The lowest BCUT2D eigenvalue weighted by Crippen LogP contribution is -2.23. The molecule has 3 aromatic rings. The van der Waals surface area contributed by atoms with Crippen LogP contribution in [0.15, 0.2) is 58.7 Å². The lowest BCUT2D eigenvalue weighted by Gasteiger charge is -2.14. The summed E-state index contributed by atoms with van der Waals surface area (Å²) < 4.78 is 5.37. The third kappa shape index (κ3) is 4.54. The highest BCUT2D eigenvalue weighted by Crippen LogP contribution is 2.22. The molecule has 24 heavy (non-hydrogen) atoms. The van der Waals surface area contributed by atoms with Crippen molar-refractivity contribution in [3.8, 4) is 5.75 Å². The van der Waals surface area contributed by atoms with Gasteiger partial charge in [0.2, 0.25) is 0 Å². The average Bonchev–Trinajstić information content (AvgIpc) is 3.31. The molecule has 0 radical (unpaired) electrons. The van der Waals surface area contributed by atoms with Gasteiger partial charge in [0.1, 0.15) is 10.8 Å². The number of rotatable bonds is 8. The summed E-state index contributed by atoms with van der Waals surface area (Å²) in [4.78, 5) is 4.48. The quantitative estimate of drug-likeness (QED) is 0.629. The molecule has 1 atom stereocenters. The number of ether oxygens (including phenoxy) is 1. The Morgan fingerprint density at radius 1 is 1.25 bits per heavy atom. The predicted molar refractivity (Wildman–Crippen MR) is 103 cm³/mol.